The van der Waals surface area contributed by atoms with E-state index in [0.29, 0.717) is 6.04 Å². The van der Waals surface area contributed by atoms with Gasteiger partial charge in [-0.05, 0) is 38.1 Å². The van der Waals surface area contributed by atoms with Crippen LogP contribution in [0.3, 0.4) is 0 Å². The lowest BCUT2D eigenvalue weighted by atomic mass is 10.2. The average Bonchev–Trinajstić information content (AvgIpc) is 2.34. The number of ether oxygens (including phenoxy) is 1. The summed E-state index contributed by atoms with van der Waals surface area (Å²) in [5.74, 6) is 1.09. The van der Waals surface area contributed by atoms with Crippen molar-refractivity contribution in [3.63, 3.8) is 0 Å². The summed E-state index contributed by atoms with van der Waals surface area (Å²) in [6.07, 6.45) is 2.27. The quantitative estimate of drug-likeness (QED) is 0.585. The van der Waals surface area contributed by atoms with Crippen molar-refractivity contribution in [3.8, 4) is 0 Å². The van der Waals surface area contributed by atoms with E-state index in [-0.39, 0.29) is 0 Å². The number of thioether (sulfide) groups is 1. The molecule has 0 fully saturated rings. The van der Waals surface area contributed by atoms with Gasteiger partial charge in [-0.3, -0.25) is 0 Å². The van der Waals surface area contributed by atoms with Gasteiger partial charge in [0.15, 0.2) is 0 Å². The lowest BCUT2D eigenvalue weighted by molar-refractivity contribution is 0.190. The number of rotatable bonds is 8. The Bertz CT molecular complexity index is 322. The van der Waals surface area contributed by atoms with Crippen LogP contribution in [-0.4, -0.2) is 32.6 Å². The predicted molar refractivity (Wildman–Crippen MR) is 78.8 cm³/mol. The first-order chi connectivity index (χ1) is 8.26. The van der Waals surface area contributed by atoms with E-state index in [1.807, 2.05) is 18.8 Å². The van der Waals surface area contributed by atoms with Crippen LogP contribution in [0.25, 0.3) is 0 Å². The van der Waals surface area contributed by atoms with Gasteiger partial charge < -0.3 is 10.1 Å². The zero-order chi connectivity index (χ0) is 12.5. The van der Waals surface area contributed by atoms with E-state index in [9.17, 15) is 0 Å². The normalized spacial score (nSPS) is 12.6. The smallest absolute Gasteiger partial charge is 0.0462 e. The predicted octanol–water partition coefficient (Wildman–Crippen LogP) is 3.56. The fraction of sp³-hybridized carbons (Fsp3) is 0.538. The first-order valence-electron chi connectivity index (χ1n) is 5.81. The number of hydrogen-bond donors (Lipinski definition) is 1. The number of methoxy groups -OCH3 is 1. The van der Waals surface area contributed by atoms with Gasteiger partial charge in [0, 0.05) is 34.9 Å². The summed E-state index contributed by atoms with van der Waals surface area (Å²) in [6.45, 7) is 0.847. The Kier molecular flexibility index (Phi) is 7.93. The highest BCUT2D eigenvalue weighted by atomic mass is 79.9. The second kappa shape index (κ2) is 8.97. The van der Waals surface area contributed by atoms with Crippen LogP contribution in [-0.2, 0) is 4.74 Å². The van der Waals surface area contributed by atoms with Gasteiger partial charge in [0.05, 0.1) is 0 Å². The molecule has 1 N–H and O–H groups in total. The molecule has 0 bridgehead atoms. The summed E-state index contributed by atoms with van der Waals surface area (Å²) in [7, 11) is 3.78. The van der Waals surface area contributed by atoms with Crippen LogP contribution < -0.4 is 5.32 Å². The fourth-order valence-corrected chi connectivity index (χ4v) is 3.20. The van der Waals surface area contributed by atoms with Crippen LogP contribution in [0, 0.1) is 0 Å². The zero-order valence-electron chi connectivity index (χ0n) is 10.4. The van der Waals surface area contributed by atoms with Gasteiger partial charge in [0.25, 0.3) is 0 Å². The maximum Gasteiger partial charge on any atom is 0.0462 e. The van der Waals surface area contributed by atoms with Crippen LogP contribution in [0.2, 0.25) is 0 Å². The molecule has 0 spiro atoms. The van der Waals surface area contributed by atoms with Crippen molar-refractivity contribution in [2.24, 2.45) is 0 Å². The molecule has 0 heterocycles. The molecular weight excluding hydrogens is 298 g/mol. The van der Waals surface area contributed by atoms with Crippen molar-refractivity contribution in [2.75, 3.05) is 26.5 Å². The van der Waals surface area contributed by atoms with Gasteiger partial charge in [-0.2, -0.15) is 0 Å². The number of nitrogens with one attached hydrogen (secondary N) is 1. The Morgan fingerprint density at radius 3 is 2.94 bits per heavy atom. The largest absolute Gasteiger partial charge is 0.385 e. The topological polar surface area (TPSA) is 21.3 Å². The molecule has 4 heteroatoms. The summed E-state index contributed by atoms with van der Waals surface area (Å²) < 4.78 is 6.22. The SMILES string of the molecule is CNC(CCCOC)CSc1cccc(Br)c1. The lowest BCUT2D eigenvalue weighted by Crippen LogP contribution is -2.27. The summed E-state index contributed by atoms with van der Waals surface area (Å²) in [4.78, 5) is 1.31. The van der Waals surface area contributed by atoms with Gasteiger partial charge >= 0.3 is 0 Å². The molecule has 0 saturated heterocycles. The van der Waals surface area contributed by atoms with Crippen LogP contribution >= 0.6 is 27.7 Å². The van der Waals surface area contributed by atoms with E-state index in [2.05, 4.69) is 45.5 Å². The second-order valence-corrected chi connectivity index (χ2v) is 5.90. The zero-order valence-corrected chi connectivity index (χ0v) is 12.8. The Morgan fingerprint density at radius 2 is 2.29 bits per heavy atom. The minimum Gasteiger partial charge on any atom is -0.385 e. The van der Waals surface area contributed by atoms with Gasteiger partial charge in [-0.15, -0.1) is 11.8 Å². The van der Waals surface area contributed by atoms with Gasteiger partial charge in [0.1, 0.15) is 0 Å². The molecule has 1 aromatic carbocycles. The Balaban J connectivity index is 2.31. The van der Waals surface area contributed by atoms with Crippen LogP contribution in [0.1, 0.15) is 12.8 Å². The molecule has 0 aromatic heterocycles. The molecule has 0 aliphatic rings. The Labute approximate surface area is 117 Å². The van der Waals surface area contributed by atoms with E-state index < -0.39 is 0 Å². The average molecular weight is 318 g/mol. The van der Waals surface area contributed by atoms with Gasteiger partial charge in [-0.25, -0.2) is 0 Å². The van der Waals surface area contributed by atoms with Crippen LogP contribution in [0.15, 0.2) is 33.6 Å². The minimum absolute atomic E-state index is 0.550. The first-order valence-corrected chi connectivity index (χ1v) is 7.58. The van der Waals surface area contributed by atoms with E-state index in [4.69, 9.17) is 4.74 Å². The highest BCUT2D eigenvalue weighted by Gasteiger charge is 2.06. The maximum absolute atomic E-state index is 5.07. The Hall–Kier alpha value is -0.0300. The summed E-state index contributed by atoms with van der Waals surface area (Å²) in [6, 6.07) is 8.99. The van der Waals surface area contributed by atoms with E-state index in [1.54, 1.807) is 7.11 Å². The van der Waals surface area contributed by atoms with Crippen molar-refractivity contribution < 1.29 is 4.74 Å². The molecule has 0 aliphatic heterocycles. The van der Waals surface area contributed by atoms with Crippen molar-refractivity contribution in [2.45, 2.75) is 23.8 Å². The van der Waals surface area contributed by atoms with Crippen molar-refractivity contribution >= 4 is 27.7 Å². The third-order valence-corrected chi connectivity index (χ3v) is 4.21. The summed E-state index contributed by atoms with van der Waals surface area (Å²) >= 11 is 5.38. The molecule has 2 nitrogen and oxygen atoms in total. The molecule has 0 saturated carbocycles. The van der Waals surface area contributed by atoms with E-state index in [0.717, 1.165) is 29.7 Å². The third-order valence-electron chi connectivity index (χ3n) is 2.56. The lowest BCUT2D eigenvalue weighted by Gasteiger charge is -2.15. The molecular formula is C13H20BrNOS. The molecule has 96 valence electrons. The summed E-state index contributed by atoms with van der Waals surface area (Å²) in [5, 5.41) is 3.36. The third kappa shape index (κ3) is 6.46. The van der Waals surface area contributed by atoms with Crippen molar-refractivity contribution in [1.82, 2.24) is 5.32 Å². The number of benzene rings is 1. The summed E-state index contributed by atoms with van der Waals surface area (Å²) in [5.41, 5.74) is 0. The molecule has 1 atom stereocenters. The molecule has 1 rings (SSSR count). The number of hydrogen-bond acceptors (Lipinski definition) is 3. The second-order valence-electron chi connectivity index (χ2n) is 3.89. The highest BCUT2D eigenvalue weighted by molar-refractivity contribution is 9.10. The molecule has 0 amide bonds. The van der Waals surface area contributed by atoms with Crippen LogP contribution in [0.5, 0.6) is 0 Å². The molecule has 17 heavy (non-hydrogen) atoms. The van der Waals surface area contributed by atoms with E-state index in [1.165, 1.54) is 4.90 Å². The van der Waals surface area contributed by atoms with Gasteiger partial charge in [-0.1, -0.05) is 22.0 Å². The molecule has 1 unspecified atom stereocenters. The standard InChI is InChI=1S/C13H20BrNOS/c1-15-12(6-4-8-16-2)10-17-13-7-3-5-11(14)9-13/h3,5,7,9,12,15H,4,6,8,10H2,1-2H3. The first kappa shape index (κ1) is 15.0. The van der Waals surface area contributed by atoms with Crippen molar-refractivity contribution in [3.05, 3.63) is 28.7 Å². The number of halogens is 1. The maximum atomic E-state index is 5.07. The molecule has 1 aromatic rings. The van der Waals surface area contributed by atoms with Gasteiger partial charge in [0.2, 0.25) is 0 Å². The monoisotopic (exact) mass is 317 g/mol. The van der Waals surface area contributed by atoms with E-state index >= 15 is 0 Å². The fourth-order valence-electron chi connectivity index (χ4n) is 1.54. The van der Waals surface area contributed by atoms with Crippen LogP contribution in [0.4, 0.5) is 0 Å². The highest BCUT2D eigenvalue weighted by Crippen LogP contribution is 2.23. The van der Waals surface area contributed by atoms with Crippen molar-refractivity contribution in [1.29, 1.82) is 0 Å². The molecule has 0 aliphatic carbocycles. The minimum atomic E-state index is 0.550. The Morgan fingerprint density at radius 1 is 1.47 bits per heavy atom. The molecule has 0 radical (unpaired) electrons.